The SMILES string of the molecule is Nc1ncncc1C(=O)NCC(F)F. The van der Waals surface area contributed by atoms with E-state index in [-0.39, 0.29) is 11.4 Å². The Kier molecular flexibility index (Phi) is 3.27. The van der Waals surface area contributed by atoms with Gasteiger partial charge in [0.25, 0.3) is 12.3 Å². The van der Waals surface area contributed by atoms with Crippen molar-refractivity contribution in [2.24, 2.45) is 0 Å². The monoisotopic (exact) mass is 202 g/mol. The Labute approximate surface area is 78.3 Å². The van der Waals surface area contributed by atoms with Gasteiger partial charge in [-0.05, 0) is 0 Å². The molecule has 0 saturated heterocycles. The average molecular weight is 202 g/mol. The lowest BCUT2D eigenvalue weighted by atomic mass is 10.3. The molecule has 0 aliphatic rings. The molecule has 14 heavy (non-hydrogen) atoms. The molecule has 0 radical (unpaired) electrons. The Hall–Kier alpha value is -1.79. The van der Waals surface area contributed by atoms with Gasteiger partial charge in [0, 0.05) is 6.20 Å². The third kappa shape index (κ3) is 2.61. The highest BCUT2D eigenvalue weighted by Gasteiger charge is 2.12. The second-order valence-electron chi connectivity index (χ2n) is 2.42. The molecule has 7 heteroatoms. The van der Waals surface area contributed by atoms with Gasteiger partial charge < -0.3 is 11.1 Å². The molecular formula is C7H8F2N4O. The van der Waals surface area contributed by atoms with E-state index in [1.165, 1.54) is 12.5 Å². The Morgan fingerprint density at radius 1 is 1.64 bits per heavy atom. The first-order chi connectivity index (χ1) is 6.61. The molecule has 1 aromatic heterocycles. The normalized spacial score (nSPS) is 10.2. The van der Waals surface area contributed by atoms with Crippen molar-refractivity contribution in [3.63, 3.8) is 0 Å². The smallest absolute Gasteiger partial charge is 0.256 e. The van der Waals surface area contributed by atoms with Gasteiger partial charge in [0.05, 0.1) is 12.1 Å². The van der Waals surface area contributed by atoms with Gasteiger partial charge in [-0.3, -0.25) is 4.79 Å². The van der Waals surface area contributed by atoms with Crippen LogP contribution < -0.4 is 11.1 Å². The highest BCUT2D eigenvalue weighted by atomic mass is 19.3. The van der Waals surface area contributed by atoms with E-state index < -0.39 is 18.9 Å². The fourth-order valence-electron chi connectivity index (χ4n) is 0.779. The number of nitrogens with two attached hydrogens (primary N) is 1. The molecule has 0 bridgehead atoms. The first kappa shape index (κ1) is 10.3. The molecule has 0 unspecified atom stereocenters. The van der Waals surface area contributed by atoms with Crippen molar-refractivity contribution in [3.8, 4) is 0 Å². The van der Waals surface area contributed by atoms with Crippen molar-refractivity contribution in [1.29, 1.82) is 0 Å². The summed E-state index contributed by atoms with van der Waals surface area (Å²) in [5, 5.41) is 1.99. The third-order valence-electron chi connectivity index (χ3n) is 1.40. The lowest BCUT2D eigenvalue weighted by molar-refractivity contribution is 0.0892. The number of carbonyl (C=O) groups is 1. The maximum absolute atomic E-state index is 11.7. The van der Waals surface area contributed by atoms with Crippen LogP contribution >= 0.6 is 0 Å². The van der Waals surface area contributed by atoms with Gasteiger partial charge in [-0.25, -0.2) is 18.7 Å². The van der Waals surface area contributed by atoms with Gasteiger partial charge in [-0.2, -0.15) is 0 Å². The van der Waals surface area contributed by atoms with E-state index in [9.17, 15) is 13.6 Å². The van der Waals surface area contributed by atoms with Gasteiger partial charge in [-0.15, -0.1) is 0 Å². The zero-order valence-corrected chi connectivity index (χ0v) is 7.08. The van der Waals surface area contributed by atoms with E-state index in [0.29, 0.717) is 0 Å². The summed E-state index contributed by atoms with van der Waals surface area (Å²) in [4.78, 5) is 18.3. The van der Waals surface area contributed by atoms with E-state index in [2.05, 4.69) is 9.97 Å². The Morgan fingerprint density at radius 2 is 2.36 bits per heavy atom. The second kappa shape index (κ2) is 4.45. The van der Waals surface area contributed by atoms with Crippen molar-refractivity contribution in [2.75, 3.05) is 12.3 Å². The van der Waals surface area contributed by atoms with Crippen molar-refractivity contribution in [2.45, 2.75) is 6.43 Å². The molecule has 0 aromatic carbocycles. The number of aromatic nitrogens is 2. The molecule has 76 valence electrons. The molecule has 0 saturated carbocycles. The summed E-state index contributed by atoms with van der Waals surface area (Å²) in [6.07, 6.45) is -0.257. The van der Waals surface area contributed by atoms with Crippen LogP contribution in [-0.4, -0.2) is 28.8 Å². The second-order valence-corrected chi connectivity index (χ2v) is 2.42. The van der Waals surface area contributed by atoms with Crippen LogP contribution in [0.1, 0.15) is 10.4 Å². The van der Waals surface area contributed by atoms with E-state index in [4.69, 9.17) is 5.73 Å². The Balaban J connectivity index is 2.65. The number of nitrogens with zero attached hydrogens (tertiary/aromatic N) is 2. The molecule has 0 fully saturated rings. The van der Waals surface area contributed by atoms with Crippen LogP contribution in [0.5, 0.6) is 0 Å². The van der Waals surface area contributed by atoms with Crippen LogP contribution in [-0.2, 0) is 0 Å². The number of halogens is 2. The van der Waals surface area contributed by atoms with E-state index in [1.807, 2.05) is 5.32 Å². The maximum atomic E-state index is 11.7. The Morgan fingerprint density at radius 3 is 2.93 bits per heavy atom. The summed E-state index contributed by atoms with van der Waals surface area (Å²) in [6.45, 7) is -0.715. The molecule has 1 rings (SSSR count). The minimum absolute atomic E-state index is 0.00634. The average Bonchev–Trinajstić information content (AvgIpc) is 2.15. The van der Waals surface area contributed by atoms with Crippen LogP contribution in [0.4, 0.5) is 14.6 Å². The quantitative estimate of drug-likeness (QED) is 0.725. The predicted molar refractivity (Wildman–Crippen MR) is 44.8 cm³/mol. The maximum Gasteiger partial charge on any atom is 0.256 e. The molecule has 0 aliphatic heterocycles. The number of hydrogen-bond acceptors (Lipinski definition) is 4. The first-order valence-corrected chi connectivity index (χ1v) is 3.73. The number of amides is 1. The van der Waals surface area contributed by atoms with Crippen LogP contribution in [0.3, 0.4) is 0 Å². The molecule has 1 heterocycles. The summed E-state index contributed by atoms with van der Waals surface area (Å²) in [7, 11) is 0. The number of nitrogens with one attached hydrogen (secondary N) is 1. The molecular weight excluding hydrogens is 194 g/mol. The molecule has 0 aliphatic carbocycles. The molecule has 1 amide bonds. The van der Waals surface area contributed by atoms with Crippen LogP contribution in [0.2, 0.25) is 0 Å². The zero-order chi connectivity index (χ0) is 10.6. The number of rotatable bonds is 3. The lowest BCUT2D eigenvalue weighted by Crippen LogP contribution is -2.29. The minimum atomic E-state index is -2.59. The van der Waals surface area contributed by atoms with Gasteiger partial charge in [-0.1, -0.05) is 0 Å². The standard InChI is InChI=1S/C7H8F2N4O/c8-5(9)2-12-7(14)4-1-11-3-13-6(4)10/h1,3,5H,2H2,(H,12,14)(H2,10,11,13). The van der Waals surface area contributed by atoms with Gasteiger partial charge in [0.1, 0.15) is 12.1 Å². The number of nitrogen functional groups attached to an aromatic ring is 1. The number of carbonyl (C=O) groups excluding carboxylic acids is 1. The van der Waals surface area contributed by atoms with E-state index in [1.54, 1.807) is 0 Å². The zero-order valence-electron chi connectivity index (χ0n) is 7.08. The van der Waals surface area contributed by atoms with Crippen molar-refractivity contribution in [3.05, 3.63) is 18.1 Å². The molecule has 5 nitrogen and oxygen atoms in total. The summed E-state index contributed by atoms with van der Waals surface area (Å²) >= 11 is 0. The third-order valence-corrected chi connectivity index (χ3v) is 1.40. The van der Waals surface area contributed by atoms with E-state index in [0.717, 1.165) is 0 Å². The summed E-state index contributed by atoms with van der Waals surface area (Å²) in [5.41, 5.74) is 5.32. The summed E-state index contributed by atoms with van der Waals surface area (Å²) in [5.74, 6) is -0.741. The van der Waals surface area contributed by atoms with Crippen molar-refractivity contribution < 1.29 is 13.6 Å². The summed E-state index contributed by atoms with van der Waals surface area (Å²) in [6, 6.07) is 0. The molecule has 3 N–H and O–H groups in total. The topological polar surface area (TPSA) is 80.9 Å². The largest absolute Gasteiger partial charge is 0.383 e. The van der Waals surface area contributed by atoms with Crippen LogP contribution in [0, 0.1) is 0 Å². The van der Waals surface area contributed by atoms with Crippen LogP contribution in [0.25, 0.3) is 0 Å². The first-order valence-electron chi connectivity index (χ1n) is 3.73. The van der Waals surface area contributed by atoms with Gasteiger partial charge in [0.15, 0.2) is 0 Å². The molecule has 0 atom stereocenters. The highest BCUT2D eigenvalue weighted by molar-refractivity contribution is 5.97. The lowest BCUT2D eigenvalue weighted by Gasteiger charge is -2.04. The number of alkyl halides is 2. The minimum Gasteiger partial charge on any atom is -0.383 e. The van der Waals surface area contributed by atoms with Gasteiger partial charge in [0.2, 0.25) is 0 Å². The highest BCUT2D eigenvalue weighted by Crippen LogP contribution is 2.04. The van der Waals surface area contributed by atoms with Gasteiger partial charge >= 0.3 is 0 Å². The van der Waals surface area contributed by atoms with E-state index >= 15 is 0 Å². The fourth-order valence-corrected chi connectivity index (χ4v) is 0.779. The number of hydrogen-bond donors (Lipinski definition) is 2. The summed E-state index contributed by atoms with van der Waals surface area (Å²) < 4.78 is 23.5. The number of anilines is 1. The fraction of sp³-hybridized carbons (Fsp3) is 0.286. The van der Waals surface area contributed by atoms with Crippen molar-refractivity contribution >= 4 is 11.7 Å². The van der Waals surface area contributed by atoms with Crippen LogP contribution in [0.15, 0.2) is 12.5 Å². The van der Waals surface area contributed by atoms with Crippen molar-refractivity contribution in [1.82, 2.24) is 15.3 Å². The predicted octanol–water partition coefficient (Wildman–Crippen LogP) is 0.0537. The molecule has 1 aromatic rings. The molecule has 0 spiro atoms. The Bertz CT molecular complexity index is 331.